The first-order valence-electron chi connectivity index (χ1n) is 10.3. The van der Waals surface area contributed by atoms with E-state index in [0.29, 0.717) is 5.92 Å². The van der Waals surface area contributed by atoms with E-state index in [4.69, 9.17) is 9.40 Å². The number of nitrogens with zero attached hydrogens (tertiary/aromatic N) is 1. The maximum atomic E-state index is 6.08. The van der Waals surface area contributed by atoms with Crippen LogP contribution in [0.25, 0.3) is 44.8 Å². The quantitative estimate of drug-likeness (QED) is 0.312. The van der Waals surface area contributed by atoms with Crippen LogP contribution in [-0.2, 0) is 0 Å². The summed E-state index contributed by atoms with van der Waals surface area (Å²) in [6, 6.07) is 33.6. The van der Waals surface area contributed by atoms with Crippen LogP contribution < -0.4 is 0 Å². The molecule has 0 fully saturated rings. The van der Waals surface area contributed by atoms with Crippen molar-refractivity contribution in [2.75, 3.05) is 0 Å². The highest BCUT2D eigenvalue weighted by atomic mass is 16.3. The van der Waals surface area contributed by atoms with Gasteiger partial charge in [-0.05, 0) is 40.8 Å². The molecule has 0 saturated carbocycles. The van der Waals surface area contributed by atoms with Gasteiger partial charge in [-0.1, -0.05) is 86.6 Å². The van der Waals surface area contributed by atoms with Gasteiger partial charge in [0.1, 0.15) is 11.3 Å². The second kappa shape index (κ2) is 7.64. The van der Waals surface area contributed by atoms with Crippen molar-refractivity contribution in [3.8, 4) is 33.7 Å². The van der Waals surface area contributed by atoms with Crippen LogP contribution in [0, 0.1) is 0 Å². The average Bonchev–Trinajstić information content (AvgIpc) is 3.23. The van der Waals surface area contributed by atoms with E-state index in [1.54, 1.807) is 0 Å². The Bertz CT molecular complexity index is 1300. The van der Waals surface area contributed by atoms with Gasteiger partial charge in [-0.15, -0.1) is 0 Å². The minimum Gasteiger partial charge on any atom is -0.454 e. The SMILES string of the molecule is CC(C)c1ccc(-c2cc3nc(-c4cccc(-c5ccccc5)c4)ccc3o2)cc1. The Morgan fingerprint density at radius 3 is 2.13 bits per heavy atom. The van der Waals surface area contributed by atoms with Crippen LogP contribution in [0.4, 0.5) is 0 Å². The molecule has 30 heavy (non-hydrogen) atoms. The molecule has 0 saturated heterocycles. The molecule has 2 aromatic heterocycles. The van der Waals surface area contributed by atoms with E-state index in [2.05, 4.69) is 86.6 Å². The third kappa shape index (κ3) is 3.53. The van der Waals surface area contributed by atoms with Gasteiger partial charge in [0.15, 0.2) is 5.58 Å². The van der Waals surface area contributed by atoms with E-state index in [9.17, 15) is 0 Å². The highest BCUT2D eigenvalue weighted by Crippen LogP contribution is 2.31. The highest BCUT2D eigenvalue weighted by Gasteiger charge is 2.10. The molecule has 0 aliphatic heterocycles. The fourth-order valence-electron chi connectivity index (χ4n) is 3.75. The number of rotatable bonds is 4. The maximum Gasteiger partial charge on any atom is 0.153 e. The van der Waals surface area contributed by atoms with Gasteiger partial charge in [0, 0.05) is 17.2 Å². The fourth-order valence-corrected chi connectivity index (χ4v) is 3.75. The molecule has 2 nitrogen and oxygen atoms in total. The molecule has 5 rings (SSSR count). The molecule has 0 aliphatic carbocycles. The van der Waals surface area contributed by atoms with Crippen LogP contribution in [0.2, 0.25) is 0 Å². The summed E-state index contributed by atoms with van der Waals surface area (Å²) >= 11 is 0. The number of benzene rings is 3. The van der Waals surface area contributed by atoms with Crippen molar-refractivity contribution in [2.24, 2.45) is 0 Å². The van der Waals surface area contributed by atoms with Crippen molar-refractivity contribution in [3.05, 3.63) is 103 Å². The third-order valence-electron chi connectivity index (χ3n) is 5.50. The van der Waals surface area contributed by atoms with Gasteiger partial charge in [-0.2, -0.15) is 0 Å². The summed E-state index contributed by atoms with van der Waals surface area (Å²) in [7, 11) is 0. The number of aromatic nitrogens is 1. The molecule has 0 amide bonds. The second-order valence-corrected chi connectivity index (χ2v) is 7.91. The Hall–Kier alpha value is -3.65. The molecule has 5 aromatic rings. The van der Waals surface area contributed by atoms with Crippen LogP contribution in [0.3, 0.4) is 0 Å². The van der Waals surface area contributed by atoms with Crippen molar-refractivity contribution in [1.82, 2.24) is 4.98 Å². The van der Waals surface area contributed by atoms with Crippen molar-refractivity contribution in [1.29, 1.82) is 0 Å². The summed E-state index contributed by atoms with van der Waals surface area (Å²) in [5, 5.41) is 0. The van der Waals surface area contributed by atoms with Gasteiger partial charge >= 0.3 is 0 Å². The summed E-state index contributed by atoms with van der Waals surface area (Å²) in [5.74, 6) is 1.37. The molecule has 0 radical (unpaired) electrons. The number of hydrogen-bond acceptors (Lipinski definition) is 2. The summed E-state index contributed by atoms with van der Waals surface area (Å²) in [6.07, 6.45) is 0. The topological polar surface area (TPSA) is 26.0 Å². The molecule has 0 unspecified atom stereocenters. The smallest absolute Gasteiger partial charge is 0.153 e. The number of furan rings is 1. The fraction of sp³-hybridized carbons (Fsp3) is 0.107. The minimum atomic E-state index is 0.519. The first-order valence-corrected chi connectivity index (χ1v) is 10.3. The molecule has 2 heteroatoms. The normalized spacial score (nSPS) is 11.3. The van der Waals surface area contributed by atoms with Crippen LogP contribution >= 0.6 is 0 Å². The minimum absolute atomic E-state index is 0.519. The zero-order valence-corrected chi connectivity index (χ0v) is 17.2. The Morgan fingerprint density at radius 1 is 0.633 bits per heavy atom. The second-order valence-electron chi connectivity index (χ2n) is 7.91. The standard InChI is InChI=1S/C28H23NO/c1-19(2)20-11-13-22(14-12-20)28-18-26-27(30-28)16-15-25(29-26)24-10-6-9-23(17-24)21-7-4-3-5-8-21/h3-19H,1-2H3. The van der Waals surface area contributed by atoms with Crippen molar-refractivity contribution < 1.29 is 4.42 Å². The first kappa shape index (κ1) is 18.4. The van der Waals surface area contributed by atoms with Crippen molar-refractivity contribution >= 4 is 11.1 Å². The third-order valence-corrected chi connectivity index (χ3v) is 5.50. The molecule has 0 bridgehead atoms. The van der Waals surface area contributed by atoms with Gasteiger partial charge in [-0.3, -0.25) is 0 Å². The maximum absolute atomic E-state index is 6.08. The van der Waals surface area contributed by atoms with Gasteiger partial charge < -0.3 is 4.42 Å². The van der Waals surface area contributed by atoms with Gasteiger partial charge in [0.2, 0.25) is 0 Å². The van der Waals surface area contributed by atoms with Crippen molar-refractivity contribution in [2.45, 2.75) is 19.8 Å². The van der Waals surface area contributed by atoms with E-state index in [-0.39, 0.29) is 0 Å². The van der Waals surface area contributed by atoms with Gasteiger partial charge in [0.05, 0.1) is 5.69 Å². The largest absolute Gasteiger partial charge is 0.454 e. The van der Waals surface area contributed by atoms with E-state index >= 15 is 0 Å². The molecule has 0 spiro atoms. The summed E-state index contributed by atoms with van der Waals surface area (Å²) in [6.45, 7) is 4.41. The molecular weight excluding hydrogens is 366 g/mol. The predicted molar refractivity (Wildman–Crippen MR) is 124 cm³/mol. The molecule has 0 atom stereocenters. The van der Waals surface area contributed by atoms with Crippen LogP contribution in [0.5, 0.6) is 0 Å². The molecule has 0 aliphatic rings. The summed E-state index contributed by atoms with van der Waals surface area (Å²) < 4.78 is 6.08. The Kier molecular flexibility index (Phi) is 4.68. The zero-order chi connectivity index (χ0) is 20.5. The monoisotopic (exact) mass is 389 g/mol. The molecule has 146 valence electrons. The number of hydrogen-bond donors (Lipinski definition) is 0. The van der Waals surface area contributed by atoms with Crippen LogP contribution in [0.1, 0.15) is 25.3 Å². The lowest BCUT2D eigenvalue weighted by Crippen LogP contribution is -1.86. The Balaban J connectivity index is 1.50. The van der Waals surface area contributed by atoms with Gasteiger partial charge in [-0.25, -0.2) is 4.98 Å². The summed E-state index contributed by atoms with van der Waals surface area (Å²) in [5.41, 5.74) is 8.52. The predicted octanol–water partition coefficient (Wildman–Crippen LogP) is 7.95. The average molecular weight is 389 g/mol. The van der Waals surface area contributed by atoms with Gasteiger partial charge in [0.25, 0.3) is 0 Å². The van der Waals surface area contributed by atoms with Crippen LogP contribution in [0.15, 0.2) is 101 Å². The first-order chi connectivity index (χ1) is 14.7. The highest BCUT2D eigenvalue weighted by molar-refractivity contribution is 5.82. The Morgan fingerprint density at radius 2 is 1.37 bits per heavy atom. The number of fused-ring (bicyclic) bond motifs is 1. The lowest BCUT2D eigenvalue weighted by atomic mass is 10.0. The van der Waals surface area contributed by atoms with Crippen LogP contribution in [-0.4, -0.2) is 4.98 Å². The van der Waals surface area contributed by atoms with E-state index in [1.165, 1.54) is 16.7 Å². The lowest BCUT2D eigenvalue weighted by Gasteiger charge is -2.05. The van der Waals surface area contributed by atoms with E-state index in [0.717, 1.165) is 33.7 Å². The van der Waals surface area contributed by atoms with Crippen molar-refractivity contribution in [3.63, 3.8) is 0 Å². The lowest BCUT2D eigenvalue weighted by molar-refractivity contribution is 0.631. The molecule has 2 heterocycles. The number of pyridine rings is 1. The molecular formula is C28H23NO. The molecule has 3 aromatic carbocycles. The van der Waals surface area contributed by atoms with E-state index < -0.39 is 0 Å². The van der Waals surface area contributed by atoms with E-state index in [1.807, 2.05) is 24.3 Å². The zero-order valence-electron chi connectivity index (χ0n) is 17.2. The summed E-state index contributed by atoms with van der Waals surface area (Å²) in [4.78, 5) is 4.88. The molecule has 0 N–H and O–H groups in total. The Labute approximate surface area is 176 Å².